The van der Waals surface area contributed by atoms with Gasteiger partial charge in [0.05, 0.1) is 25.3 Å². The molecule has 1 atom stereocenters. The summed E-state index contributed by atoms with van der Waals surface area (Å²) in [6.07, 6.45) is 5.57. The van der Waals surface area contributed by atoms with Gasteiger partial charge >= 0.3 is 6.01 Å². The van der Waals surface area contributed by atoms with Crippen molar-refractivity contribution < 1.29 is 9.47 Å². The predicted molar refractivity (Wildman–Crippen MR) is 100 cm³/mol. The largest absolute Gasteiger partial charge is 0.480 e. The van der Waals surface area contributed by atoms with Crippen molar-refractivity contribution in [1.82, 2.24) is 24.5 Å². The van der Waals surface area contributed by atoms with Crippen molar-refractivity contribution in [3.05, 3.63) is 34.5 Å². The van der Waals surface area contributed by atoms with Crippen molar-refractivity contribution in [3.63, 3.8) is 0 Å². The molecule has 1 aliphatic rings. The average Bonchev–Trinajstić information content (AvgIpc) is 3.53. The smallest absolute Gasteiger partial charge is 0.319 e. The van der Waals surface area contributed by atoms with Crippen LogP contribution in [0, 0.1) is 12.8 Å². The second-order valence-electron chi connectivity index (χ2n) is 6.76. The molecule has 3 aromatic rings. The van der Waals surface area contributed by atoms with Gasteiger partial charge in [-0.25, -0.2) is 9.97 Å². The number of pyridine rings is 1. The third-order valence-electron chi connectivity index (χ3n) is 5.04. The van der Waals surface area contributed by atoms with Crippen LogP contribution in [0.4, 0.5) is 0 Å². The normalized spacial score (nSPS) is 15.0. The van der Waals surface area contributed by atoms with E-state index in [1.807, 2.05) is 10.6 Å². The summed E-state index contributed by atoms with van der Waals surface area (Å²) in [6, 6.07) is 2.16. The lowest BCUT2D eigenvalue weighted by atomic mass is 10.1. The SMILES string of the molecule is COc1ncc(-c2nccc3c2nc(C)c(=O)n3C(C)C2CC2)c(OC)n1. The van der Waals surface area contributed by atoms with E-state index in [9.17, 15) is 4.79 Å². The minimum atomic E-state index is -0.0583. The summed E-state index contributed by atoms with van der Waals surface area (Å²) in [7, 11) is 3.02. The van der Waals surface area contributed by atoms with E-state index in [2.05, 4.69) is 26.9 Å². The second kappa shape index (κ2) is 6.61. The lowest BCUT2D eigenvalue weighted by molar-refractivity contribution is 0.353. The number of rotatable bonds is 5. The molecule has 27 heavy (non-hydrogen) atoms. The van der Waals surface area contributed by atoms with Gasteiger partial charge in [0.2, 0.25) is 5.88 Å². The van der Waals surface area contributed by atoms with Crippen LogP contribution >= 0.6 is 0 Å². The molecule has 8 nitrogen and oxygen atoms in total. The van der Waals surface area contributed by atoms with Crippen LogP contribution < -0.4 is 15.0 Å². The first-order valence-electron chi connectivity index (χ1n) is 8.88. The minimum Gasteiger partial charge on any atom is -0.480 e. The number of aromatic nitrogens is 5. The molecule has 0 saturated heterocycles. The monoisotopic (exact) mass is 367 g/mol. The van der Waals surface area contributed by atoms with Gasteiger partial charge in [0.15, 0.2) is 0 Å². The molecule has 1 fully saturated rings. The van der Waals surface area contributed by atoms with Crippen molar-refractivity contribution in [2.75, 3.05) is 14.2 Å². The minimum absolute atomic E-state index is 0.0583. The zero-order valence-corrected chi connectivity index (χ0v) is 15.8. The molecule has 0 aliphatic heterocycles. The van der Waals surface area contributed by atoms with E-state index in [4.69, 9.17) is 9.47 Å². The van der Waals surface area contributed by atoms with E-state index in [1.54, 1.807) is 19.3 Å². The van der Waals surface area contributed by atoms with Crippen LogP contribution in [0.1, 0.15) is 31.5 Å². The van der Waals surface area contributed by atoms with Gasteiger partial charge in [0.25, 0.3) is 5.56 Å². The van der Waals surface area contributed by atoms with Gasteiger partial charge in [-0.1, -0.05) is 0 Å². The van der Waals surface area contributed by atoms with Gasteiger partial charge < -0.3 is 14.0 Å². The molecule has 1 unspecified atom stereocenters. The van der Waals surface area contributed by atoms with Crippen molar-refractivity contribution in [3.8, 4) is 23.1 Å². The third-order valence-corrected chi connectivity index (χ3v) is 5.04. The van der Waals surface area contributed by atoms with Gasteiger partial charge in [-0.3, -0.25) is 9.78 Å². The highest BCUT2D eigenvalue weighted by Crippen LogP contribution is 2.40. The second-order valence-corrected chi connectivity index (χ2v) is 6.76. The number of methoxy groups -OCH3 is 2. The van der Waals surface area contributed by atoms with E-state index >= 15 is 0 Å². The number of ether oxygens (including phenoxy) is 2. The lowest BCUT2D eigenvalue weighted by Crippen LogP contribution is -2.28. The lowest BCUT2D eigenvalue weighted by Gasteiger charge is -2.19. The Labute approximate surface area is 156 Å². The maximum atomic E-state index is 12.8. The third kappa shape index (κ3) is 2.90. The Balaban J connectivity index is 2.00. The van der Waals surface area contributed by atoms with Crippen LogP contribution in [-0.4, -0.2) is 38.7 Å². The Hall–Kier alpha value is -3.03. The molecule has 1 saturated carbocycles. The van der Waals surface area contributed by atoms with Gasteiger partial charge in [0.1, 0.15) is 16.9 Å². The molecule has 0 N–H and O–H groups in total. The molecule has 4 rings (SSSR count). The fourth-order valence-corrected chi connectivity index (χ4v) is 3.41. The predicted octanol–water partition coefficient (Wildman–Crippen LogP) is 2.55. The summed E-state index contributed by atoms with van der Waals surface area (Å²) in [5.41, 5.74) is 2.95. The van der Waals surface area contributed by atoms with Gasteiger partial charge in [0, 0.05) is 18.4 Å². The summed E-state index contributed by atoms with van der Waals surface area (Å²) in [5, 5.41) is 0. The standard InChI is InChI=1S/C19H21N5O3/c1-10-18(25)24(11(2)12-5-6-12)14-7-8-20-15(16(14)22-10)13-9-21-19(27-4)23-17(13)26-3/h7-9,11-12H,5-6H2,1-4H3. The van der Waals surface area contributed by atoms with E-state index in [-0.39, 0.29) is 17.6 Å². The van der Waals surface area contributed by atoms with Crippen LogP contribution in [0.2, 0.25) is 0 Å². The average molecular weight is 367 g/mol. The Bertz CT molecular complexity index is 1070. The van der Waals surface area contributed by atoms with E-state index < -0.39 is 0 Å². The van der Waals surface area contributed by atoms with Crippen LogP contribution in [0.5, 0.6) is 11.9 Å². The first kappa shape index (κ1) is 17.4. The number of hydrogen-bond acceptors (Lipinski definition) is 7. The first-order valence-corrected chi connectivity index (χ1v) is 8.88. The summed E-state index contributed by atoms with van der Waals surface area (Å²) in [5.74, 6) is 0.873. The molecule has 3 heterocycles. The molecular formula is C19H21N5O3. The van der Waals surface area contributed by atoms with Crippen molar-refractivity contribution in [2.45, 2.75) is 32.7 Å². The number of aryl methyl sites for hydroxylation is 1. The molecule has 8 heteroatoms. The van der Waals surface area contributed by atoms with Crippen molar-refractivity contribution in [2.24, 2.45) is 5.92 Å². The molecule has 0 bridgehead atoms. The summed E-state index contributed by atoms with van der Waals surface area (Å²) >= 11 is 0. The maximum absolute atomic E-state index is 12.8. The van der Waals surface area contributed by atoms with E-state index in [0.717, 1.165) is 18.4 Å². The molecule has 0 aromatic carbocycles. The van der Waals surface area contributed by atoms with Crippen LogP contribution in [0.25, 0.3) is 22.3 Å². The number of fused-ring (bicyclic) bond motifs is 1. The maximum Gasteiger partial charge on any atom is 0.319 e. The number of nitrogens with zero attached hydrogens (tertiary/aromatic N) is 5. The van der Waals surface area contributed by atoms with Gasteiger partial charge in [-0.2, -0.15) is 4.98 Å². The topological polar surface area (TPSA) is 92.0 Å². The summed E-state index contributed by atoms with van der Waals surface area (Å²) < 4.78 is 12.3. The zero-order chi connectivity index (χ0) is 19.1. The molecule has 3 aromatic heterocycles. The molecule has 140 valence electrons. The summed E-state index contributed by atoms with van der Waals surface area (Å²) in [4.78, 5) is 30.3. The molecule has 0 spiro atoms. The Morgan fingerprint density at radius 2 is 1.96 bits per heavy atom. The van der Waals surface area contributed by atoms with Crippen LogP contribution in [0.3, 0.4) is 0 Å². The van der Waals surface area contributed by atoms with E-state index in [1.165, 1.54) is 14.2 Å². The fourth-order valence-electron chi connectivity index (χ4n) is 3.41. The quantitative estimate of drug-likeness (QED) is 0.684. The summed E-state index contributed by atoms with van der Waals surface area (Å²) in [6.45, 7) is 3.82. The Morgan fingerprint density at radius 1 is 1.19 bits per heavy atom. The van der Waals surface area contributed by atoms with Crippen LogP contribution in [-0.2, 0) is 0 Å². The Kier molecular flexibility index (Phi) is 4.25. The van der Waals surface area contributed by atoms with Gasteiger partial charge in [-0.05, 0) is 38.7 Å². The molecule has 1 aliphatic carbocycles. The fraction of sp³-hybridized carbons (Fsp3) is 0.421. The highest BCUT2D eigenvalue weighted by atomic mass is 16.5. The molecule has 0 amide bonds. The van der Waals surface area contributed by atoms with Gasteiger partial charge in [-0.15, -0.1) is 0 Å². The van der Waals surface area contributed by atoms with E-state index in [0.29, 0.717) is 34.3 Å². The highest BCUT2D eigenvalue weighted by Gasteiger charge is 2.31. The van der Waals surface area contributed by atoms with Crippen LogP contribution in [0.15, 0.2) is 23.3 Å². The highest BCUT2D eigenvalue weighted by molar-refractivity contribution is 5.90. The number of hydrogen-bond donors (Lipinski definition) is 0. The Morgan fingerprint density at radius 3 is 2.63 bits per heavy atom. The van der Waals surface area contributed by atoms with Crippen molar-refractivity contribution in [1.29, 1.82) is 0 Å². The van der Waals surface area contributed by atoms with Crippen molar-refractivity contribution >= 4 is 11.0 Å². The molecule has 0 radical (unpaired) electrons. The molecular weight excluding hydrogens is 346 g/mol. The first-order chi connectivity index (χ1) is 13.0. The zero-order valence-electron chi connectivity index (χ0n) is 15.8.